The van der Waals surface area contributed by atoms with E-state index in [1.165, 1.54) is 23.1 Å². The quantitative estimate of drug-likeness (QED) is 0.752. The molecule has 2 unspecified atom stereocenters. The van der Waals surface area contributed by atoms with Crippen molar-refractivity contribution in [1.82, 2.24) is 9.03 Å². The lowest BCUT2D eigenvalue weighted by molar-refractivity contribution is 0.281. The summed E-state index contributed by atoms with van der Waals surface area (Å²) in [6.45, 7) is 2.00. The second kappa shape index (κ2) is 7.99. The summed E-state index contributed by atoms with van der Waals surface area (Å²) < 4.78 is 28.3. The maximum Gasteiger partial charge on any atom is 0.279 e. The predicted molar refractivity (Wildman–Crippen MR) is 83.8 cm³/mol. The van der Waals surface area contributed by atoms with Crippen molar-refractivity contribution in [1.29, 1.82) is 0 Å². The zero-order valence-electron chi connectivity index (χ0n) is 12.0. The standard InChI is InChI=1S/C13H22N2O3S2/c1-11(13(10-16)19-3)14-20(17,18)15(2)9-12-7-5-4-6-8-12/h4-8,11,13-14,16H,9-10H2,1-3H3. The molecule has 0 aliphatic carbocycles. The van der Waals surface area contributed by atoms with Gasteiger partial charge in [-0.05, 0) is 18.7 Å². The third kappa shape index (κ3) is 5.06. The summed E-state index contributed by atoms with van der Waals surface area (Å²) in [7, 11) is -2.03. The molecule has 0 spiro atoms. The van der Waals surface area contributed by atoms with Gasteiger partial charge in [0.05, 0.1) is 6.61 Å². The van der Waals surface area contributed by atoms with E-state index in [0.29, 0.717) is 6.54 Å². The van der Waals surface area contributed by atoms with Crippen LogP contribution in [0.5, 0.6) is 0 Å². The molecular formula is C13H22N2O3S2. The fourth-order valence-electron chi connectivity index (χ4n) is 1.76. The third-order valence-electron chi connectivity index (χ3n) is 3.03. The molecule has 7 heteroatoms. The lowest BCUT2D eigenvalue weighted by Gasteiger charge is -2.25. The number of hydrogen-bond acceptors (Lipinski definition) is 4. The second-order valence-electron chi connectivity index (χ2n) is 4.61. The Morgan fingerprint density at radius 2 is 1.95 bits per heavy atom. The van der Waals surface area contributed by atoms with Crippen LogP contribution < -0.4 is 4.72 Å². The minimum absolute atomic E-state index is 0.0622. The molecule has 1 aromatic rings. The van der Waals surface area contributed by atoms with Crippen LogP contribution in [0.15, 0.2) is 30.3 Å². The molecule has 0 radical (unpaired) electrons. The van der Waals surface area contributed by atoms with Crippen molar-refractivity contribution in [3.05, 3.63) is 35.9 Å². The Labute approximate surface area is 125 Å². The Morgan fingerprint density at radius 1 is 1.35 bits per heavy atom. The molecule has 114 valence electrons. The zero-order valence-corrected chi connectivity index (χ0v) is 13.6. The predicted octanol–water partition coefficient (Wildman–Crippen LogP) is 1.07. The largest absolute Gasteiger partial charge is 0.395 e. The minimum Gasteiger partial charge on any atom is -0.395 e. The number of aliphatic hydroxyl groups is 1. The monoisotopic (exact) mass is 318 g/mol. The van der Waals surface area contributed by atoms with Crippen LogP contribution in [0, 0.1) is 0 Å². The van der Waals surface area contributed by atoms with Crippen LogP contribution in [-0.4, -0.2) is 49.0 Å². The Balaban J connectivity index is 2.68. The average Bonchev–Trinajstić information content (AvgIpc) is 2.40. The van der Waals surface area contributed by atoms with E-state index in [1.807, 2.05) is 36.6 Å². The van der Waals surface area contributed by atoms with Crippen LogP contribution in [0.4, 0.5) is 0 Å². The highest BCUT2D eigenvalue weighted by atomic mass is 32.2. The smallest absolute Gasteiger partial charge is 0.279 e. The molecule has 0 aromatic heterocycles. The second-order valence-corrected chi connectivity index (χ2v) is 7.50. The summed E-state index contributed by atoms with van der Waals surface area (Å²) in [5.74, 6) is 0. The van der Waals surface area contributed by atoms with Gasteiger partial charge in [-0.25, -0.2) is 0 Å². The molecular weight excluding hydrogens is 296 g/mol. The van der Waals surface area contributed by atoms with E-state index in [9.17, 15) is 13.5 Å². The number of nitrogens with zero attached hydrogens (tertiary/aromatic N) is 1. The van der Waals surface area contributed by atoms with Gasteiger partial charge >= 0.3 is 0 Å². The molecule has 0 saturated carbocycles. The molecule has 0 fully saturated rings. The summed E-state index contributed by atoms with van der Waals surface area (Å²) >= 11 is 1.44. The highest BCUT2D eigenvalue weighted by Gasteiger charge is 2.24. The van der Waals surface area contributed by atoms with Gasteiger partial charge in [-0.3, -0.25) is 0 Å². The number of thioether (sulfide) groups is 1. The van der Waals surface area contributed by atoms with Crippen molar-refractivity contribution in [2.75, 3.05) is 19.9 Å². The van der Waals surface area contributed by atoms with E-state index in [0.717, 1.165) is 5.56 Å². The van der Waals surface area contributed by atoms with E-state index in [2.05, 4.69) is 4.72 Å². The number of nitrogens with one attached hydrogen (secondary N) is 1. The fraction of sp³-hybridized carbons (Fsp3) is 0.538. The van der Waals surface area contributed by atoms with Crippen molar-refractivity contribution >= 4 is 22.0 Å². The molecule has 0 aliphatic rings. The van der Waals surface area contributed by atoms with E-state index in [4.69, 9.17) is 0 Å². The van der Waals surface area contributed by atoms with Crippen molar-refractivity contribution in [3.8, 4) is 0 Å². The highest BCUT2D eigenvalue weighted by Crippen LogP contribution is 2.13. The van der Waals surface area contributed by atoms with Crippen LogP contribution >= 0.6 is 11.8 Å². The summed E-state index contributed by atoms with van der Waals surface area (Å²) in [6.07, 6.45) is 1.85. The maximum absolute atomic E-state index is 12.2. The SMILES string of the molecule is CSC(CO)C(C)NS(=O)(=O)N(C)Cc1ccccc1. The van der Waals surface area contributed by atoms with Crippen molar-refractivity contribution in [2.24, 2.45) is 0 Å². The van der Waals surface area contributed by atoms with E-state index >= 15 is 0 Å². The molecule has 1 rings (SSSR count). The fourth-order valence-corrected chi connectivity index (χ4v) is 3.61. The first-order valence-electron chi connectivity index (χ1n) is 6.32. The van der Waals surface area contributed by atoms with Gasteiger partial charge in [0, 0.05) is 24.9 Å². The summed E-state index contributed by atoms with van der Waals surface area (Å²) in [5, 5.41) is 9.04. The van der Waals surface area contributed by atoms with Gasteiger partial charge in [-0.15, -0.1) is 0 Å². The van der Waals surface area contributed by atoms with E-state index in [-0.39, 0.29) is 17.9 Å². The van der Waals surface area contributed by atoms with Gasteiger partial charge in [0.25, 0.3) is 10.2 Å². The first-order chi connectivity index (χ1) is 9.40. The van der Waals surface area contributed by atoms with Crippen molar-refractivity contribution < 1.29 is 13.5 Å². The molecule has 5 nitrogen and oxygen atoms in total. The number of hydrogen-bond donors (Lipinski definition) is 2. The van der Waals surface area contributed by atoms with Gasteiger partial charge in [-0.2, -0.15) is 29.2 Å². The summed E-state index contributed by atoms with van der Waals surface area (Å²) in [4.78, 5) is 0. The molecule has 1 aromatic carbocycles. The summed E-state index contributed by atoms with van der Waals surface area (Å²) in [6, 6.07) is 9.07. The van der Waals surface area contributed by atoms with Gasteiger partial charge in [0.15, 0.2) is 0 Å². The lowest BCUT2D eigenvalue weighted by atomic mass is 10.2. The molecule has 0 aliphatic heterocycles. The number of rotatable bonds is 8. The third-order valence-corrected chi connectivity index (χ3v) is 5.82. The van der Waals surface area contributed by atoms with Crippen LogP contribution in [0.25, 0.3) is 0 Å². The van der Waals surface area contributed by atoms with Gasteiger partial charge in [-0.1, -0.05) is 30.3 Å². The molecule has 20 heavy (non-hydrogen) atoms. The zero-order chi connectivity index (χ0) is 15.2. The molecule has 0 heterocycles. The van der Waals surface area contributed by atoms with Crippen LogP contribution in [0.3, 0.4) is 0 Å². The average molecular weight is 318 g/mol. The minimum atomic E-state index is -3.56. The van der Waals surface area contributed by atoms with Crippen molar-refractivity contribution in [3.63, 3.8) is 0 Å². The summed E-state index contributed by atoms with van der Waals surface area (Å²) in [5.41, 5.74) is 0.927. The van der Waals surface area contributed by atoms with Crippen LogP contribution in [0.1, 0.15) is 12.5 Å². The molecule has 0 saturated heterocycles. The highest BCUT2D eigenvalue weighted by molar-refractivity contribution is 7.99. The van der Waals surface area contributed by atoms with Crippen LogP contribution in [0.2, 0.25) is 0 Å². The molecule has 2 atom stereocenters. The van der Waals surface area contributed by atoms with Crippen LogP contribution in [-0.2, 0) is 16.8 Å². The first kappa shape index (κ1) is 17.5. The van der Waals surface area contributed by atoms with Gasteiger partial charge in [0.2, 0.25) is 0 Å². The lowest BCUT2D eigenvalue weighted by Crippen LogP contribution is -2.46. The first-order valence-corrected chi connectivity index (χ1v) is 9.04. The molecule has 2 N–H and O–H groups in total. The van der Waals surface area contributed by atoms with Gasteiger partial charge in [0.1, 0.15) is 0 Å². The topological polar surface area (TPSA) is 69.6 Å². The Morgan fingerprint density at radius 3 is 2.45 bits per heavy atom. The van der Waals surface area contributed by atoms with E-state index in [1.54, 1.807) is 6.92 Å². The van der Waals surface area contributed by atoms with Crippen molar-refractivity contribution in [2.45, 2.75) is 24.8 Å². The van der Waals surface area contributed by atoms with Gasteiger partial charge < -0.3 is 5.11 Å². The number of aliphatic hydroxyl groups excluding tert-OH is 1. The Kier molecular flexibility index (Phi) is 6.97. The molecule has 0 amide bonds. The Bertz CT molecular complexity index is 490. The van der Waals surface area contributed by atoms with E-state index < -0.39 is 10.2 Å². The maximum atomic E-state index is 12.2. The number of benzene rings is 1. The normalized spacial score (nSPS) is 15.2. The Hall–Kier alpha value is -0.600. The molecule has 0 bridgehead atoms.